The molecular formula is C23H30N6O4. The van der Waals surface area contributed by atoms with E-state index in [0.717, 1.165) is 0 Å². The van der Waals surface area contributed by atoms with Gasteiger partial charge in [0.25, 0.3) is 11.5 Å². The van der Waals surface area contributed by atoms with Gasteiger partial charge in [0, 0.05) is 24.6 Å². The van der Waals surface area contributed by atoms with Gasteiger partial charge in [-0.05, 0) is 26.2 Å². The van der Waals surface area contributed by atoms with Crippen molar-refractivity contribution in [2.45, 2.75) is 45.8 Å². The third kappa shape index (κ3) is 4.43. The number of furan rings is 1. The highest BCUT2D eigenvalue weighted by molar-refractivity contribution is 5.97. The van der Waals surface area contributed by atoms with Crippen LogP contribution in [0.1, 0.15) is 48.3 Å². The molecule has 1 aliphatic rings. The molecule has 3 aromatic rings. The number of carbonyl (C=O) groups is 2. The number of aromatic nitrogens is 3. The zero-order valence-electron chi connectivity index (χ0n) is 19.7. The molecule has 10 heteroatoms. The van der Waals surface area contributed by atoms with Gasteiger partial charge in [-0.3, -0.25) is 14.4 Å². The first-order chi connectivity index (χ1) is 15.6. The maximum atomic E-state index is 13.4. The van der Waals surface area contributed by atoms with Gasteiger partial charge in [-0.15, -0.1) is 0 Å². The summed E-state index contributed by atoms with van der Waals surface area (Å²) in [5.41, 5.74) is 1.08. The number of carbonyl (C=O) groups excluding carboxylic acids is 2. The predicted octanol–water partition coefficient (Wildman–Crippen LogP) is 1.22. The van der Waals surface area contributed by atoms with E-state index in [1.165, 1.54) is 4.52 Å². The predicted molar refractivity (Wildman–Crippen MR) is 122 cm³/mol. The molecule has 3 aromatic heterocycles. The first kappa shape index (κ1) is 22.8. The Labute approximate surface area is 191 Å². The largest absolute Gasteiger partial charge is 0.467 e. The van der Waals surface area contributed by atoms with Gasteiger partial charge in [-0.2, -0.15) is 9.61 Å². The monoisotopic (exact) mass is 454 g/mol. The molecule has 4 rings (SSSR count). The van der Waals surface area contributed by atoms with Crippen LogP contribution in [-0.4, -0.2) is 63.0 Å². The average molecular weight is 455 g/mol. The maximum absolute atomic E-state index is 13.4. The number of hydrogen-bond donors (Lipinski definition) is 1. The molecule has 33 heavy (non-hydrogen) atoms. The number of nitrogens with zero attached hydrogens (tertiary/aromatic N) is 5. The summed E-state index contributed by atoms with van der Waals surface area (Å²) in [6.07, 6.45) is 1.54. The molecule has 0 fully saturated rings. The molecule has 2 amide bonds. The Morgan fingerprint density at radius 2 is 2.03 bits per heavy atom. The van der Waals surface area contributed by atoms with E-state index in [2.05, 4.69) is 10.4 Å². The Balaban J connectivity index is 1.77. The molecule has 0 saturated heterocycles. The van der Waals surface area contributed by atoms with Crippen LogP contribution in [0.15, 0.2) is 33.7 Å². The molecular weight excluding hydrogens is 424 g/mol. The summed E-state index contributed by atoms with van der Waals surface area (Å²) in [6, 6.07) is 5.32. The molecule has 0 spiro atoms. The molecule has 0 bridgehead atoms. The second kappa shape index (κ2) is 8.51. The van der Waals surface area contributed by atoms with Crippen LogP contribution in [-0.2, 0) is 29.8 Å². The highest BCUT2D eigenvalue weighted by Crippen LogP contribution is 2.27. The zero-order chi connectivity index (χ0) is 23.9. The van der Waals surface area contributed by atoms with E-state index in [1.807, 2.05) is 39.8 Å². The standard InChI is InChI=1S/C23H30N6O4/c1-23(2,3)17-11-19-28(14-18(30)24-8-9-26(4)5)20-16(21(31)29(19)25-17)13-27(22(20)32)12-15-7-6-10-33-15/h6-7,10-11H,8-9,12-14H2,1-5H3,(H,24,30). The Morgan fingerprint density at radius 1 is 1.27 bits per heavy atom. The second-order valence-electron chi connectivity index (χ2n) is 9.66. The number of rotatable bonds is 7. The van der Waals surface area contributed by atoms with Crippen molar-refractivity contribution in [2.24, 2.45) is 0 Å². The Hall–Kier alpha value is -3.40. The lowest BCUT2D eigenvalue weighted by molar-refractivity contribution is -0.121. The number of amides is 2. The number of hydrogen-bond acceptors (Lipinski definition) is 6. The molecule has 10 nitrogen and oxygen atoms in total. The molecule has 1 N–H and O–H groups in total. The fourth-order valence-corrected chi connectivity index (χ4v) is 3.88. The lowest BCUT2D eigenvalue weighted by Gasteiger charge is -2.16. The van der Waals surface area contributed by atoms with Crippen molar-refractivity contribution in [2.75, 3.05) is 27.2 Å². The summed E-state index contributed by atoms with van der Waals surface area (Å²) < 4.78 is 8.32. The van der Waals surface area contributed by atoms with Crippen molar-refractivity contribution >= 4 is 17.5 Å². The van der Waals surface area contributed by atoms with Crippen molar-refractivity contribution in [3.8, 4) is 0 Å². The summed E-state index contributed by atoms with van der Waals surface area (Å²) in [5, 5.41) is 7.42. The third-order valence-corrected chi connectivity index (χ3v) is 5.69. The van der Waals surface area contributed by atoms with Crippen LogP contribution >= 0.6 is 0 Å². The maximum Gasteiger partial charge on any atom is 0.280 e. The first-order valence-corrected chi connectivity index (χ1v) is 11.0. The third-order valence-electron chi connectivity index (χ3n) is 5.69. The smallest absolute Gasteiger partial charge is 0.280 e. The van der Waals surface area contributed by atoms with Crippen molar-refractivity contribution in [1.82, 2.24) is 29.3 Å². The topological polar surface area (TPSA) is 105 Å². The van der Waals surface area contributed by atoms with E-state index in [1.54, 1.807) is 33.9 Å². The molecule has 0 atom stereocenters. The lowest BCUT2D eigenvalue weighted by atomic mass is 9.93. The van der Waals surface area contributed by atoms with Crippen molar-refractivity contribution in [3.63, 3.8) is 0 Å². The Morgan fingerprint density at radius 3 is 2.67 bits per heavy atom. The number of fused-ring (bicyclic) bond motifs is 2. The molecule has 0 aliphatic carbocycles. The van der Waals surface area contributed by atoms with Crippen molar-refractivity contribution < 1.29 is 14.0 Å². The summed E-state index contributed by atoms with van der Waals surface area (Å²) in [5.74, 6) is 0.0809. The molecule has 4 heterocycles. The van der Waals surface area contributed by atoms with Gasteiger partial charge in [0.05, 0.1) is 30.6 Å². The van der Waals surface area contributed by atoms with E-state index >= 15 is 0 Å². The van der Waals surface area contributed by atoms with Crippen LogP contribution in [0.3, 0.4) is 0 Å². The first-order valence-electron chi connectivity index (χ1n) is 11.0. The minimum absolute atomic E-state index is 0.0881. The van der Waals surface area contributed by atoms with Crippen LogP contribution in [0, 0.1) is 0 Å². The Bertz CT molecular complexity index is 1250. The van der Waals surface area contributed by atoms with Crippen LogP contribution < -0.4 is 10.9 Å². The molecule has 176 valence electrons. The van der Waals surface area contributed by atoms with Gasteiger partial charge >= 0.3 is 0 Å². The van der Waals surface area contributed by atoms with E-state index in [0.29, 0.717) is 35.8 Å². The molecule has 0 aromatic carbocycles. The quantitative estimate of drug-likeness (QED) is 0.576. The molecule has 0 saturated carbocycles. The van der Waals surface area contributed by atoms with Gasteiger partial charge in [0.15, 0.2) is 0 Å². The summed E-state index contributed by atoms with van der Waals surface area (Å²) in [7, 11) is 3.85. The Kier molecular flexibility index (Phi) is 5.87. The van der Waals surface area contributed by atoms with Crippen LogP contribution in [0.5, 0.6) is 0 Å². The van der Waals surface area contributed by atoms with E-state index in [4.69, 9.17) is 4.42 Å². The highest BCUT2D eigenvalue weighted by Gasteiger charge is 2.36. The van der Waals surface area contributed by atoms with Crippen molar-refractivity contribution in [3.05, 3.63) is 57.5 Å². The minimum atomic E-state index is -0.338. The van der Waals surface area contributed by atoms with E-state index in [9.17, 15) is 14.4 Å². The summed E-state index contributed by atoms with van der Waals surface area (Å²) in [6.45, 7) is 7.47. The molecule has 0 radical (unpaired) electrons. The normalized spacial score (nSPS) is 13.9. The van der Waals surface area contributed by atoms with E-state index in [-0.39, 0.29) is 48.1 Å². The summed E-state index contributed by atoms with van der Waals surface area (Å²) >= 11 is 0. The summed E-state index contributed by atoms with van der Waals surface area (Å²) in [4.78, 5) is 43.0. The second-order valence-corrected chi connectivity index (χ2v) is 9.66. The van der Waals surface area contributed by atoms with Crippen molar-refractivity contribution in [1.29, 1.82) is 0 Å². The molecule has 0 unspecified atom stereocenters. The molecule has 1 aliphatic heterocycles. The zero-order valence-corrected chi connectivity index (χ0v) is 19.7. The minimum Gasteiger partial charge on any atom is -0.467 e. The van der Waals surface area contributed by atoms with Gasteiger partial charge in [0.1, 0.15) is 23.6 Å². The van der Waals surface area contributed by atoms with Crippen LogP contribution in [0.4, 0.5) is 0 Å². The highest BCUT2D eigenvalue weighted by atomic mass is 16.3. The van der Waals surface area contributed by atoms with Gasteiger partial charge in [0.2, 0.25) is 5.91 Å². The number of likely N-dealkylation sites (N-methyl/N-ethyl adjacent to an activating group) is 1. The average Bonchev–Trinajstić information content (AvgIpc) is 3.45. The van der Waals surface area contributed by atoms with Crippen LogP contribution in [0.25, 0.3) is 5.65 Å². The fourth-order valence-electron chi connectivity index (χ4n) is 3.88. The van der Waals surface area contributed by atoms with E-state index < -0.39 is 0 Å². The lowest BCUT2D eigenvalue weighted by Crippen LogP contribution is -2.35. The number of nitrogens with one attached hydrogen (secondary N) is 1. The van der Waals surface area contributed by atoms with Gasteiger partial charge in [-0.1, -0.05) is 20.8 Å². The SMILES string of the molecule is CN(C)CCNC(=O)Cn1c2c(c(=O)n3nc(C(C)(C)C)cc13)CN(Cc1ccco1)C2=O. The van der Waals surface area contributed by atoms with Gasteiger partial charge in [-0.25, -0.2) is 0 Å². The van der Waals surface area contributed by atoms with Gasteiger partial charge < -0.3 is 24.1 Å². The fraction of sp³-hybridized carbons (Fsp3) is 0.478. The van der Waals surface area contributed by atoms with Crippen LogP contribution in [0.2, 0.25) is 0 Å².